The standard InChI is InChI=1S/C21H14O7/c1-10(22)15(16-18(23)11-6-2-4-8-13(11)27-20(16)25)17-19(24)12-7-3-5-9-14(12)28-21(17)26/h2-9,15,23-24H,1H3. The van der Waals surface area contributed by atoms with Crippen LogP contribution in [0.4, 0.5) is 0 Å². The van der Waals surface area contributed by atoms with Crippen LogP contribution < -0.4 is 11.3 Å². The van der Waals surface area contributed by atoms with Crippen molar-refractivity contribution in [2.45, 2.75) is 12.8 Å². The second kappa shape index (κ2) is 6.38. The fourth-order valence-corrected chi connectivity index (χ4v) is 3.36. The highest BCUT2D eigenvalue weighted by atomic mass is 16.4. The van der Waals surface area contributed by atoms with Crippen molar-refractivity contribution in [1.82, 2.24) is 0 Å². The SMILES string of the molecule is CC(=O)C(c1c(O)c2ccccc2oc1=O)c1c(O)c2ccccc2oc1=O. The molecule has 2 aromatic carbocycles. The van der Waals surface area contributed by atoms with Crippen LogP contribution in [-0.4, -0.2) is 16.0 Å². The first-order valence-corrected chi connectivity index (χ1v) is 8.40. The van der Waals surface area contributed by atoms with Crippen LogP contribution in [0.2, 0.25) is 0 Å². The lowest BCUT2D eigenvalue weighted by Crippen LogP contribution is -2.24. The van der Waals surface area contributed by atoms with E-state index in [1.54, 1.807) is 24.3 Å². The molecule has 28 heavy (non-hydrogen) atoms. The van der Waals surface area contributed by atoms with Gasteiger partial charge in [0.15, 0.2) is 0 Å². The molecule has 2 N–H and O–H groups in total. The van der Waals surface area contributed by atoms with Crippen LogP contribution in [0.1, 0.15) is 24.0 Å². The third-order valence-corrected chi connectivity index (χ3v) is 4.62. The van der Waals surface area contributed by atoms with E-state index in [1.165, 1.54) is 24.3 Å². The lowest BCUT2D eigenvalue weighted by molar-refractivity contribution is -0.117. The molecule has 0 radical (unpaired) electrons. The monoisotopic (exact) mass is 378 g/mol. The molecule has 0 aliphatic carbocycles. The van der Waals surface area contributed by atoms with Gasteiger partial charge in [0.05, 0.1) is 27.8 Å². The van der Waals surface area contributed by atoms with Gasteiger partial charge < -0.3 is 19.0 Å². The Kier molecular flexibility index (Phi) is 4.00. The second-order valence-electron chi connectivity index (χ2n) is 6.34. The normalized spacial score (nSPS) is 11.4. The van der Waals surface area contributed by atoms with E-state index < -0.39 is 45.6 Å². The average molecular weight is 378 g/mol. The largest absolute Gasteiger partial charge is 0.507 e. The molecule has 0 fully saturated rings. The number of aromatic hydroxyl groups is 2. The maximum atomic E-state index is 12.6. The highest BCUT2D eigenvalue weighted by molar-refractivity contribution is 5.94. The van der Waals surface area contributed by atoms with Gasteiger partial charge in [0.2, 0.25) is 0 Å². The zero-order valence-electron chi connectivity index (χ0n) is 14.6. The number of benzene rings is 2. The minimum atomic E-state index is -1.55. The van der Waals surface area contributed by atoms with Crippen molar-refractivity contribution in [1.29, 1.82) is 0 Å². The Morgan fingerprint density at radius 3 is 1.57 bits per heavy atom. The van der Waals surface area contributed by atoms with Crippen LogP contribution in [0.25, 0.3) is 21.9 Å². The predicted molar refractivity (Wildman–Crippen MR) is 101 cm³/mol. The van der Waals surface area contributed by atoms with Gasteiger partial charge in [0.1, 0.15) is 28.4 Å². The lowest BCUT2D eigenvalue weighted by atomic mass is 9.87. The molecule has 0 saturated carbocycles. The minimum Gasteiger partial charge on any atom is -0.507 e. The summed E-state index contributed by atoms with van der Waals surface area (Å²) in [5, 5.41) is 21.8. The molecule has 0 atom stereocenters. The Balaban J connectivity index is 2.10. The molecule has 4 rings (SSSR count). The van der Waals surface area contributed by atoms with Crippen LogP contribution in [0.5, 0.6) is 11.5 Å². The van der Waals surface area contributed by atoms with Crippen molar-refractivity contribution in [3.8, 4) is 11.5 Å². The molecule has 0 aliphatic heterocycles. The van der Waals surface area contributed by atoms with Crippen LogP contribution >= 0.6 is 0 Å². The molecule has 7 nitrogen and oxygen atoms in total. The molecule has 2 heterocycles. The van der Waals surface area contributed by atoms with Gasteiger partial charge in [-0.05, 0) is 31.2 Å². The molecule has 4 aromatic rings. The van der Waals surface area contributed by atoms with Crippen LogP contribution in [0.3, 0.4) is 0 Å². The Morgan fingerprint density at radius 2 is 1.18 bits per heavy atom. The fourth-order valence-electron chi connectivity index (χ4n) is 3.36. The Hall–Kier alpha value is -3.87. The van der Waals surface area contributed by atoms with Gasteiger partial charge in [-0.1, -0.05) is 24.3 Å². The number of Topliss-reactive ketones (excluding diaryl/α,β-unsaturated/α-hetero) is 1. The smallest absolute Gasteiger partial charge is 0.344 e. The zero-order chi connectivity index (χ0) is 20.0. The Morgan fingerprint density at radius 1 is 0.786 bits per heavy atom. The summed E-state index contributed by atoms with van der Waals surface area (Å²) in [4.78, 5) is 37.6. The average Bonchev–Trinajstić information content (AvgIpc) is 2.66. The van der Waals surface area contributed by atoms with Crippen molar-refractivity contribution in [3.05, 3.63) is 80.5 Å². The predicted octanol–water partition coefficient (Wildman–Crippen LogP) is 3.03. The van der Waals surface area contributed by atoms with Gasteiger partial charge >= 0.3 is 11.3 Å². The van der Waals surface area contributed by atoms with E-state index in [0.717, 1.165) is 6.92 Å². The molecule has 7 heteroatoms. The Labute approximate surface area is 157 Å². The summed E-state index contributed by atoms with van der Waals surface area (Å²) < 4.78 is 10.4. The number of ketones is 1. The number of carbonyl (C=O) groups excluding carboxylic acids is 1. The van der Waals surface area contributed by atoms with E-state index in [0.29, 0.717) is 0 Å². The van der Waals surface area contributed by atoms with Gasteiger partial charge in [-0.25, -0.2) is 9.59 Å². The first-order valence-electron chi connectivity index (χ1n) is 8.40. The zero-order valence-corrected chi connectivity index (χ0v) is 14.6. The van der Waals surface area contributed by atoms with Crippen molar-refractivity contribution in [3.63, 3.8) is 0 Å². The maximum absolute atomic E-state index is 12.6. The summed E-state index contributed by atoms with van der Waals surface area (Å²) in [6.45, 7) is 1.15. The van der Waals surface area contributed by atoms with E-state index >= 15 is 0 Å². The molecule has 0 amide bonds. The molecule has 2 aromatic heterocycles. The van der Waals surface area contributed by atoms with Gasteiger partial charge in [0, 0.05) is 0 Å². The molecule has 0 saturated heterocycles. The number of hydrogen-bond acceptors (Lipinski definition) is 7. The van der Waals surface area contributed by atoms with E-state index in [-0.39, 0.29) is 21.9 Å². The first kappa shape index (κ1) is 17.5. The van der Waals surface area contributed by atoms with Crippen LogP contribution in [0, 0.1) is 0 Å². The summed E-state index contributed by atoms with van der Waals surface area (Å²) in [5.74, 6) is -3.17. The van der Waals surface area contributed by atoms with Crippen molar-refractivity contribution < 1.29 is 23.8 Å². The molecule has 0 spiro atoms. The topological polar surface area (TPSA) is 118 Å². The second-order valence-corrected chi connectivity index (χ2v) is 6.34. The van der Waals surface area contributed by atoms with E-state index in [4.69, 9.17) is 8.83 Å². The van der Waals surface area contributed by atoms with Crippen molar-refractivity contribution in [2.24, 2.45) is 0 Å². The van der Waals surface area contributed by atoms with E-state index in [2.05, 4.69) is 0 Å². The number of carbonyl (C=O) groups is 1. The fraction of sp³-hybridized carbons (Fsp3) is 0.0952. The third kappa shape index (κ3) is 2.56. The van der Waals surface area contributed by atoms with E-state index in [9.17, 15) is 24.6 Å². The molecule has 0 aliphatic rings. The van der Waals surface area contributed by atoms with E-state index in [1.807, 2.05) is 0 Å². The summed E-state index contributed by atoms with van der Waals surface area (Å²) in [5.41, 5.74) is -2.56. The first-order chi connectivity index (χ1) is 13.4. The molecule has 0 unspecified atom stereocenters. The maximum Gasteiger partial charge on any atom is 0.344 e. The minimum absolute atomic E-state index is 0.130. The van der Waals surface area contributed by atoms with Gasteiger partial charge in [-0.3, -0.25) is 4.79 Å². The number of rotatable bonds is 3. The van der Waals surface area contributed by atoms with Gasteiger partial charge in [-0.15, -0.1) is 0 Å². The summed E-state index contributed by atoms with van der Waals surface area (Å²) >= 11 is 0. The number of fused-ring (bicyclic) bond motifs is 2. The van der Waals surface area contributed by atoms with Gasteiger partial charge in [0.25, 0.3) is 0 Å². The highest BCUT2D eigenvalue weighted by Crippen LogP contribution is 2.38. The highest BCUT2D eigenvalue weighted by Gasteiger charge is 2.34. The number of para-hydroxylation sites is 2. The molecular formula is C21H14O7. The Bertz CT molecular complexity index is 1260. The molecule has 140 valence electrons. The van der Waals surface area contributed by atoms with Crippen LogP contribution in [-0.2, 0) is 4.79 Å². The van der Waals surface area contributed by atoms with Crippen molar-refractivity contribution >= 4 is 27.7 Å². The van der Waals surface area contributed by atoms with Crippen molar-refractivity contribution in [2.75, 3.05) is 0 Å². The summed E-state index contributed by atoms with van der Waals surface area (Å²) in [7, 11) is 0. The summed E-state index contributed by atoms with van der Waals surface area (Å²) in [6.07, 6.45) is 0. The quantitative estimate of drug-likeness (QED) is 0.526. The molecular weight excluding hydrogens is 364 g/mol. The number of hydrogen-bond donors (Lipinski definition) is 2. The molecule has 0 bridgehead atoms. The lowest BCUT2D eigenvalue weighted by Gasteiger charge is -2.16. The van der Waals surface area contributed by atoms with Crippen LogP contribution in [0.15, 0.2) is 67.0 Å². The van der Waals surface area contributed by atoms with Gasteiger partial charge in [-0.2, -0.15) is 0 Å². The summed E-state index contributed by atoms with van der Waals surface area (Å²) in [6, 6.07) is 12.5. The third-order valence-electron chi connectivity index (χ3n) is 4.62.